The lowest BCUT2D eigenvalue weighted by molar-refractivity contribution is -0.117. The van der Waals surface area contributed by atoms with Crippen molar-refractivity contribution in [3.63, 3.8) is 0 Å². The summed E-state index contributed by atoms with van der Waals surface area (Å²) in [5.74, 6) is -0.668. The summed E-state index contributed by atoms with van der Waals surface area (Å²) in [5, 5.41) is 5.98. The molecule has 0 saturated heterocycles. The number of thiazole rings is 1. The van der Waals surface area contributed by atoms with Gasteiger partial charge in [-0.2, -0.15) is 0 Å². The van der Waals surface area contributed by atoms with Gasteiger partial charge in [0.05, 0.1) is 18.7 Å². The molecular formula is C21H18FN3O3S. The average Bonchev–Trinajstić information content (AvgIpc) is 3.28. The fraction of sp³-hybridized carbons (Fsp3) is 0.190. The summed E-state index contributed by atoms with van der Waals surface area (Å²) in [7, 11) is 1.56. The Morgan fingerprint density at radius 2 is 1.97 bits per heavy atom. The summed E-state index contributed by atoms with van der Waals surface area (Å²) in [4.78, 5) is 30.5. The smallest absolute Gasteiger partial charge is 0.257 e. The van der Waals surface area contributed by atoms with Gasteiger partial charge in [-0.1, -0.05) is 6.07 Å². The number of hydrogen-bond acceptors (Lipinski definition) is 5. The number of halogens is 1. The first-order valence-electron chi connectivity index (χ1n) is 9.05. The van der Waals surface area contributed by atoms with Gasteiger partial charge < -0.3 is 10.1 Å². The van der Waals surface area contributed by atoms with Gasteiger partial charge in [0.15, 0.2) is 5.13 Å². The number of fused-ring (bicyclic) bond motifs is 1. The first-order valence-corrected chi connectivity index (χ1v) is 9.86. The van der Waals surface area contributed by atoms with E-state index in [4.69, 9.17) is 4.74 Å². The highest BCUT2D eigenvalue weighted by atomic mass is 32.1. The molecule has 1 aromatic heterocycles. The predicted octanol–water partition coefficient (Wildman–Crippen LogP) is 4.21. The number of ether oxygens (including phenoxy) is 1. The van der Waals surface area contributed by atoms with Crippen LogP contribution in [0.4, 0.5) is 15.2 Å². The Bertz CT molecular complexity index is 1070. The van der Waals surface area contributed by atoms with Crippen LogP contribution in [-0.2, 0) is 11.2 Å². The standard InChI is InChI=1S/C21H18FN3O3S/c1-28-15-7-5-12(6-8-15)19(26)25-21-24-18-16(9-10-17(18)29-21)20(27)23-14-4-2-3-13(22)11-14/h2-8,11,16H,9-10H2,1H3,(H,23,27)(H,24,25,26)/t16-/m1/s1. The maximum atomic E-state index is 13.3. The molecule has 1 atom stereocenters. The van der Waals surface area contributed by atoms with Crippen LogP contribution in [0, 0.1) is 5.82 Å². The van der Waals surface area contributed by atoms with Crippen LogP contribution in [0.15, 0.2) is 48.5 Å². The summed E-state index contributed by atoms with van der Waals surface area (Å²) in [5.41, 5.74) is 1.57. The molecule has 148 valence electrons. The Morgan fingerprint density at radius 1 is 1.17 bits per heavy atom. The van der Waals surface area contributed by atoms with E-state index in [1.54, 1.807) is 43.5 Å². The molecular weight excluding hydrogens is 393 g/mol. The molecule has 2 N–H and O–H groups in total. The second kappa shape index (κ2) is 8.00. The van der Waals surface area contributed by atoms with Crippen molar-refractivity contribution in [3.05, 3.63) is 70.5 Å². The summed E-state index contributed by atoms with van der Waals surface area (Å²) < 4.78 is 18.4. The number of benzene rings is 2. The maximum absolute atomic E-state index is 13.3. The molecule has 1 heterocycles. The van der Waals surface area contributed by atoms with Crippen LogP contribution in [0.1, 0.15) is 33.3 Å². The van der Waals surface area contributed by atoms with Crippen molar-refractivity contribution >= 4 is 34.0 Å². The van der Waals surface area contributed by atoms with E-state index in [0.717, 1.165) is 4.88 Å². The van der Waals surface area contributed by atoms with E-state index in [0.29, 0.717) is 40.7 Å². The number of hydrogen-bond donors (Lipinski definition) is 2. The minimum absolute atomic E-state index is 0.229. The van der Waals surface area contributed by atoms with Crippen molar-refractivity contribution in [2.24, 2.45) is 0 Å². The van der Waals surface area contributed by atoms with E-state index in [-0.39, 0.29) is 11.8 Å². The summed E-state index contributed by atoms with van der Waals surface area (Å²) in [6.45, 7) is 0. The van der Waals surface area contributed by atoms with Crippen LogP contribution in [-0.4, -0.2) is 23.9 Å². The molecule has 8 heteroatoms. The Morgan fingerprint density at radius 3 is 2.69 bits per heavy atom. The van der Waals surface area contributed by atoms with Crippen LogP contribution in [0.3, 0.4) is 0 Å². The zero-order valence-electron chi connectivity index (χ0n) is 15.6. The topological polar surface area (TPSA) is 80.3 Å². The average molecular weight is 411 g/mol. The number of rotatable bonds is 5. The maximum Gasteiger partial charge on any atom is 0.257 e. The summed E-state index contributed by atoms with van der Waals surface area (Å²) >= 11 is 1.37. The van der Waals surface area contributed by atoms with Crippen LogP contribution in [0.5, 0.6) is 5.75 Å². The lowest BCUT2D eigenvalue weighted by atomic mass is 10.1. The Hall–Kier alpha value is -3.26. The molecule has 0 fully saturated rings. The highest BCUT2D eigenvalue weighted by Crippen LogP contribution is 2.39. The summed E-state index contributed by atoms with van der Waals surface area (Å²) in [6.07, 6.45) is 1.36. The molecule has 3 aromatic rings. The second-order valence-electron chi connectivity index (χ2n) is 6.60. The third-order valence-corrected chi connectivity index (χ3v) is 5.75. The van der Waals surface area contributed by atoms with Crippen molar-refractivity contribution in [3.8, 4) is 5.75 Å². The molecule has 1 aliphatic carbocycles. The lowest BCUT2D eigenvalue weighted by Gasteiger charge is -2.10. The number of aryl methyl sites for hydroxylation is 1. The van der Waals surface area contributed by atoms with E-state index < -0.39 is 11.7 Å². The van der Waals surface area contributed by atoms with E-state index in [1.165, 1.54) is 23.5 Å². The SMILES string of the molecule is COc1ccc(C(=O)Nc2nc3c(s2)CC[C@H]3C(=O)Nc2cccc(F)c2)cc1. The third kappa shape index (κ3) is 4.12. The fourth-order valence-corrected chi connectivity index (χ4v) is 4.28. The number of carbonyl (C=O) groups is 2. The minimum Gasteiger partial charge on any atom is -0.497 e. The van der Waals surface area contributed by atoms with Gasteiger partial charge in [-0.3, -0.25) is 14.9 Å². The Balaban J connectivity index is 1.45. The zero-order valence-corrected chi connectivity index (χ0v) is 16.4. The van der Waals surface area contributed by atoms with Crippen molar-refractivity contribution < 1.29 is 18.7 Å². The number of amides is 2. The highest BCUT2D eigenvalue weighted by molar-refractivity contribution is 7.16. The highest BCUT2D eigenvalue weighted by Gasteiger charge is 2.33. The van der Waals surface area contributed by atoms with Gasteiger partial charge in [0, 0.05) is 16.1 Å². The van der Waals surface area contributed by atoms with Gasteiger partial charge in [0.2, 0.25) is 5.91 Å². The fourth-order valence-electron chi connectivity index (χ4n) is 3.24. The first kappa shape index (κ1) is 19.1. The van der Waals surface area contributed by atoms with Gasteiger partial charge in [-0.15, -0.1) is 11.3 Å². The molecule has 2 aromatic carbocycles. The molecule has 2 amide bonds. The monoisotopic (exact) mass is 411 g/mol. The van der Waals surface area contributed by atoms with E-state index in [2.05, 4.69) is 15.6 Å². The van der Waals surface area contributed by atoms with Crippen LogP contribution in [0.25, 0.3) is 0 Å². The van der Waals surface area contributed by atoms with Crippen molar-refractivity contribution in [2.75, 3.05) is 17.7 Å². The normalized spacial score (nSPS) is 14.9. The lowest BCUT2D eigenvalue weighted by Crippen LogP contribution is -2.20. The number of nitrogens with zero attached hydrogens (tertiary/aromatic N) is 1. The predicted molar refractivity (Wildman–Crippen MR) is 109 cm³/mol. The molecule has 0 bridgehead atoms. The van der Waals surface area contributed by atoms with Gasteiger partial charge in [-0.25, -0.2) is 9.37 Å². The molecule has 0 spiro atoms. The van der Waals surface area contributed by atoms with Crippen LogP contribution in [0.2, 0.25) is 0 Å². The van der Waals surface area contributed by atoms with Crippen molar-refractivity contribution in [1.82, 2.24) is 4.98 Å². The van der Waals surface area contributed by atoms with Crippen LogP contribution < -0.4 is 15.4 Å². The van der Waals surface area contributed by atoms with Crippen molar-refractivity contribution in [1.29, 1.82) is 0 Å². The number of anilines is 2. The molecule has 0 radical (unpaired) electrons. The molecule has 0 unspecified atom stereocenters. The summed E-state index contributed by atoms with van der Waals surface area (Å²) in [6, 6.07) is 12.5. The largest absolute Gasteiger partial charge is 0.497 e. The number of carbonyl (C=O) groups excluding carboxylic acids is 2. The number of aromatic nitrogens is 1. The van der Waals surface area contributed by atoms with Gasteiger partial charge >= 0.3 is 0 Å². The number of methoxy groups -OCH3 is 1. The molecule has 1 aliphatic rings. The van der Waals surface area contributed by atoms with E-state index >= 15 is 0 Å². The third-order valence-electron chi connectivity index (χ3n) is 4.70. The Labute approximate surface area is 170 Å². The Kier molecular flexibility index (Phi) is 5.26. The number of nitrogens with one attached hydrogen (secondary N) is 2. The first-order chi connectivity index (χ1) is 14.0. The van der Waals surface area contributed by atoms with Crippen LogP contribution >= 0.6 is 11.3 Å². The van der Waals surface area contributed by atoms with Gasteiger partial charge in [-0.05, 0) is 55.3 Å². The van der Waals surface area contributed by atoms with Gasteiger partial charge in [0.25, 0.3) is 5.91 Å². The van der Waals surface area contributed by atoms with Gasteiger partial charge in [0.1, 0.15) is 11.6 Å². The molecule has 0 aliphatic heterocycles. The zero-order chi connectivity index (χ0) is 20.4. The molecule has 29 heavy (non-hydrogen) atoms. The minimum atomic E-state index is -0.420. The quantitative estimate of drug-likeness (QED) is 0.659. The molecule has 4 rings (SSSR count). The molecule has 0 saturated carbocycles. The molecule has 6 nitrogen and oxygen atoms in total. The van der Waals surface area contributed by atoms with E-state index in [1.807, 2.05) is 0 Å². The van der Waals surface area contributed by atoms with E-state index in [9.17, 15) is 14.0 Å². The van der Waals surface area contributed by atoms with Crippen molar-refractivity contribution in [2.45, 2.75) is 18.8 Å². The second-order valence-corrected chi connectivity index (χ2v) is 7.68.